The third-order valence-corrected chi connectivity index (χ3v) is 3.68. The minimum Gasteiger partial charge on any atom is -0.481 e. The van der Waals surface area contributed by atoms with Crippen LogP contribution in [-0.2, 0) is 14.3 Å². The lowest BCUT2D eigenvalue weighted by atomic mass is 9.82. The molecule has 0 spiro atoms. The highest BCUT2D eigenvalue weighted by atomic mass is 16.5. The summed E-state index contributed by atoms with van der Waals surface area (Å²) in [5, 5.41) is 11.9. The van der Waals surface area contributed by atoms with E-state index >= 15 is 0 Å². The predicted molar refractivity (Wildman–Crippen MR) is 69.5 cm³/mol. The summed E-state index contributed by atoms with van der Waals surface area (Å²) < 4.78 is 5.42. The third kappa shape index (κ3) is 4.35. The largest absolute Gasteiger partial charge is 0.481 e. The first kappa shape index (κ1) is 14.1. The number of allylic oxidation sites excluding steroid dienone is 2. The van der Waals surface area contributed by atoms with Crippen molar-refractivity contribution >= 4 is 11.9 Å². The van der Waals surface area contributed by atoms with E-state index in [-0.39, 0.29) is 5.91 Å². The van der Waals surface area contributed by atoms with E-state index in [4.69, 9.17) is 9.84 Å². The Hall–Kier alpha value is -1.36. The zero-order valence-corrected chi connectivity index (χ0v) is 11.0. The molecule has 0 aromatic carbocycles. The van der Waals surface area contributed by atoms with Crippen molar-refractivity contribution in [2.75, 3.05) is 19.8 Å². The molecule has 0 aromatic heterocycles. The number of hydrogen-bond donors (Lipinski definition) is 2. The molecule has 1 amide bonds. The molecule has 0 heterocycles. The maximum Gasteiger partial charge on any atom is 0.307 e. The molecule has 0 unspecified atom stereocenters. The first-order valence-corrected chi connectivity index (χ1v) is 6.91. The molecular formula is C14H21NO4. The maximum atomic E-state index is 12.0. The predicted octanol–water partition coefficient (Wildman–Crippen LogP) is 1.20. The second kappa shape index (κ2) is 6.70. The highest BCUT2D eigenvalue weighted by Crippen LogP contribution is 2.28. The van der Waals surface area contributed by atoms with Gasteiger partial charge >= 0.3 is 5.97 Å². The number of carbonyl (C=O) groups excluding carboxylic acids is 1. The van der Waals surface area contributed by atoms with E-state index in [9.17, 15) is 9.59 Å². The van der Waals surface area contributed by atoms with Crippen LogP contribution >= 0.6 is 0 Å². The fourth-order valence-electron chi connectivity index (χ4n) is 2.29. The Balaban J connectivity index is 1.68. The van der Waals surface area contributed by atoms with Crippen molar-refractivity contribution < 1.29 is 19.4 Å². The van der Waals surface area contributed by atoms with E-state index in [0.717, 1.165) is 12.5 Å². The maximum absolute atomic E-state index is 12.0. The van der Waals surface area contributed by atoms with E-state index in [0.29, 0.717) is 26.0 Å². The Morgan fingerprint density at radius 1 is 1.21 bits per heavy atom. The second-order valence-corrected chi connectivity index (χ2v) is 5.30. The van der Waals surface area contributed by atoms with E-state index in [1.165, 1.54) is 12.8 Å². The van der Waals surface area contributed by atoms with Crippen LogP contribution in [0.2, 0.25) is 0 Å². The third-order valence-electron chi connectivity index (χ3n) is 3.68. The molecule has 1 fully saturated rings. The van der Waals surface area contributed by atoms with Crippen LogP contribution < -0.4 is 5.32 Å². The van der Waals surface area contributed by atoms with Crippen LogP contribution in [0, 0.1) is 17.8 Å². The molecule has 5 nitrogen and oxygen atoms in total. The van der Waals surface area contributed by atoms with Crippen LogP contribution in [0.4, 0.5) is 0 Å². The van der Waals surface area contributed by atoms with Gasteiger partial charge in [-0.05, 0) is 31.6 Å². The molecule has 2 aliphatic carbocycles. The van der Waals surface area contributed by atoms with E-state index in [1.807, 2.05) is 12.2 Å². The molecule has 0 aliphatic heterocycles. The van der Waals surface area contributed by atoms with Crippen LogP contribution in [0.3, 0.4) is 0 Å². The highest BCUT2D eigenvalue weighted by molar-refractivity contribution is 5.85. The smallest absolute Gasteiger partial charge is 0.307 e. The van der Waals surface area contributed by atoms with Crippen molar-refractivity contribution in [3.8, 4) is 0 Å². The lowest BCUT2D eigenvalue weighted by Crippen LogP contribution is -2.40. The fraction of sp³-hybridized carbons (Fsp3) is 0.714. The minimum absolute atomic E-state index is 0.174. The van der Waals surface area contributed by atoms with Crippen LogP contribution in [0.15, 0.2) is 12.2 Å². The quantitative estimate of drug-likeness (QED) is 0.537. The molecule has 2 aliphatic rings. The molecule has 19 heavy (non-hydrogen) atoms. The summed E-state index contributed by atoms with van der Waals surface area (Å²) in [5.41, 5.74) is 0. The molecule has 2 N–H and O–H groups in total. The Kier molecular flexibility index (Phi) is 4.96. The summed E-state index contributed by atoms with van der Waals surface area (Å²) in [5.74, 6) is -1.40. The van der Waals surface area contributed by atoms with Crippen molar-refractivity contribution in [1.29, 1.82) is 0 Å². The SMILES string of the molecule is O=C(O)[C@H]1CC=CC[C@H]1C(=O)NCCOCC1CC1. The van der Waals surface area contributed by atoms with Crippen molar-refractivity contribution in [3.63, 3.8) is 0 Å². The second-order valence-electron chi connectivity index (χ2n) is 5.30. The summed E-state index contributed by atoms with van der Waals surface area (Å²) in [7, 11) is 0. The number of amides is 1. The van der Waals surface area contributed by atoms with Gasteiger partial charge in [0.05, 0.1) is 18.4 Å². The molecule has 0 radical (unpaired) electrons. The van der Waals surface area contributed by atoms with Crippen molar-refractivity contribution in [3.05, 3.63) is 12.2 Å². The fourth-order valence-corrected chi connectivity index (χ4v) is 2.29. The standard InChI is InChI=1S/C14H21NO4/c16-13(15-7-8-19-9-10-5-6-10)11-3-1-2-4-12(11)14(17)18/h1-2,10-12H,3-9H2,(H,15,16)(H,17,18)/t11-,12+/m1/s1. The molecule has 1 saturated carbocycles. The van der Waals surface area contributed by atoms with Gasteiger partial charge < -0.3 is 15.2 Å². The van der Waals surface area contributed by atoms with Gasteiger partial charge in [-0.3, -0.25) is 9.59 Å². The van der Waals surface area contributed by atoms with Crippen LogP contribution in [0.1, 0.15) is 25.7 Å². The lowest BCUT2D eigenvalue weighted by Gasteiger charge is -2.24. The minimum atomic E-state index is -0.894. The van der Waals surface area contributed by atoms with Crippen LogP contribution in [-0.4, -0.2) is 36.7 Å². The topological polar surface area (TPSA) is 75.6 Å². The normalized spacial score (nSPS) is 26.1. The number of nitrogens with one attached hydrogen (secondary N) is 1. The van der Waals surface area contributed by atoms with Crippen molar-refractivity contribution in [2.45, 2.75) is 25.7 Å². The summed E-state index contributed by atoms with van der Waals surface area (Å²) in [6.07, 6.45) is 7.16. The molecule has 0 aromatic rings. The monoisotopic (exact) mass is 267 g/mol. The number of aliphatic carboxylic acids is 1. The summed E-state index contributed by atoms with van der Waals surface area (Å²) in [4.78, 5) is 23.0. The van der Waals surface area contributed by atoms with Gasteiger partial charge in [-0.1, -0.05) is 12.2 Å². The van der Waals surface area contributed by atoms with E-state index < -0.39 is 17.8 Å². The van der Waals surface area contributed by atoms with Gasteiger partial charge in [0, 0.05) is 13.2 Å². The molecule has 5 heteroatoms. The number of hydrogen-bond acceptors (Lipinski definition) is 3. The van der Waals surface area contributed by atoms with Gasteiger partial charge in [0.1, 0.15) is 0 Å². The highest BCUT2D eigenvalue weighted by Gasteiger charge is 2.33. The number of carboxylic acid groups (broad SMARTS) is 1. The lowest BCUT2D eigenvalue weighted by molar-refractivity contribution is -0.147. The average molecular weight is 267 g/mol. The van der Waals surface area contributed by atoms with Gasteiger partial charge in [0.2, 0.25) is 5.91 Å². The van der Waals surface area contributed by atoms with Crippen molar-refractivity contribution in [1.82, 2.24) is 5.32 Å². The van der Waals surface area contributed by atoms with Gasteiger partial charge in [0.25, 0.3) is 0 Å². The molecule has 0 saturated heterocycles. The zero-order chi connectivity index (χ0) is 13.7. The molecule has 0 bridgehead atoms. The number of ether oxygens (including phenoxy) is 1. The van der Waals surface area contributed by atoms with Gasteiger partial charge in [-0.25, -0.2) is 0 Å². The molecule has 2 atom stereocenters. The van der Waals surface area contributed by atoms with E-state index in [1.54, 1.807) is 0 Å². The van der Waals surface area contributed by atoms with Crippen LogP contribution in [0.25, 0.3) is 0 Å². The van der Waals surface area contributed by atoms with Crippen molar-refractivity contribution in [2.24, 2.45) is 17.8 Å². The van der Waals surface area contributed by atoms with E-state index in [2.05, 4.69) is 5.32 Å². The average Bonchev–Trinajstić information content (AvgIpc) is 3.22. The summed E-state index contributed by atoms with van der Waals surface area (Å²) in [6, 6.07) is 0. The Labute approximate surface area is 113 Å². The van der Waals surface area contributed by atoms with Gasteiger partial charge in [-0.15, -0.1) is 0 Å². The Bertz CT molecular complexity index is 362. The number of carboxylic acids is 1. The summed E-state index contributed by atoms with van der Waals surface area (Å²) in [6.45, 7) is 1.74. The number of carbonyl (C=O) groups is 2. The zero-order valence-electron chi connectivity index (χ0n) is 11.0. The Morgan fingerprint density at radius 3 is 2.53 bits per heavy atom. The molecule has 2 rings (SSSR count). The molecule has 106 valence electrons. The summed E-state index contributed by atoms with van der Waals surface area (Å²) >= 11 is 0. The number of rotatable bonds is 7. The Morgan fingerprint density at radius 2 is 1.89 bits per heavy atom. The van der Waals surface area contributed by atoms with Gasteiger partial charge in [-0.2, -0.15) is 0 Å². The molecular weight excluding hydrogens is 246 g/mol. The van der Waals surface area contributed by atoms with Gasteiger partial charge in [0.15, 0.2) is 0 Å². The first-order valence-electron chi connectivity index (χ1n) is 6.91. The van der Waals surface area contributed by atoms with Crippen LogP contribution in [0.5, 0.6) is 0 Å². The first-order chi connectivity index (χ1) is 9.18.